The number of anilines is 2. The van der Waals surface area contributed by atoms with Crippen LogP contribution in [-0.4, -0.2) is 48.9 Å². The number of nitrogens with one attached hydrogen (secondary N) is 1. The second kappa shape index (κ2) is 6.72. The van der Waals surface area contributed by atoms with Crippen LogP contribution in [0, 0.1) is 0 Å². The van der Waals surface area contributed by atoms with Crippen molar-refractivity contribution in [1.82, 2.24) is 9.80 Å². The SMILES string of the molecule is CN1CCN(C2=Nc3cc(CI)ccc3Nc3ccccc32)CC1. The molecule has 0 amide bonds. The van der Waals surface area contributed by atoms with Gasteiger partial charge in [-0.2, -0.15) is 0 Å². The van der Waals surface area contributed by atoms with Gasteiger partial charge in [0.15, 0.2) is 0 Å². The van der Waals surface area contributed by atoms with Gasteiger partial charge in [-0.1, -0.05) is 40.8 Å². The van der Waals surface area contributed by atoms with Crippen LogP contribution in [0.3, 0.4) is 0 Å². The number of piperazine rings is 1. The molecule has 0 radical (unpaired) electrons. The lowest BCUT2D eigenvalue weighted by molar-refractivity contribution is 0.216. The molecule has 4 rings (SSSR count). The summed E-state index contributed by atoms with van der Waals surface area (Å²) in [6, 6.07) is 15.0. The third kappa shape index (κ3) is 3.02. The highest BCUT2D eigenvalue weighted by molar-refractivity contribution is 14.1. The molecule has 1 saturated heterocycles. The Morgan fingerprint density at radius 1 is 1.04 bits per heavy atom. The summed E-state index contributed by atoms with van der Waals surface area (Å²) in [5.41, 5.74) is 5.75. The molecule has 2 heterocycles. The number of benzene rings is 2. The number of hydrogen-bond donors (Lipinski definition) is 1. The van der Waals surface area contributed by atoms with Crippen molar-refractivity contribution < 1.29 is 0 Å². The van der Waals surface area contributed by atoms with Crippen LogP contribution >= 0.6 is 22.6 Å². The van der Waals surface area contributed by atoms with E-state index in [2.05, 4.69) is 87.2 Å². The standard InChI is InChI=1S/C19H21IN4/c1-23-8-10-24(11-9-23)19-15-4-2-3-5-16(15)21-17-7-6-14(13-20)12-18(17)22-19/h2-7,12,21H,8-11,13H2,1H3. The summed E-state index contributed by atoms with van der Waals surface area (Å²) in [5, 5.41) is 3.58. The molecule has 2 aromatic rings. The van der Waals surface area contributed by atoms with Gasteiger partial charge in [0.1, 0.15) is 5.84 Å². The lowest BCUT2D eigenvalue weighted by atomic mass is 10.1. The van der Waals surface area contributed by atoms with E-state index in [1.54, 1.807) is 0 Å². The number of para-hydroxylation sites is 1. The zero-order valence-electron chi connectivity index (χ0n) is 13.8. The van der Waals surface area contributed by atoms with Crippen molar-refractivity contribution in [3.63, 3.8) is 0 Å². The number of hydrogen-bond acceptors (Lipinski definition) is 4. The van der Waals surface area contributed by atoms with Gasteiger partial charge < -0.3 is 15.1 Å². The zero-order chi connectivity index (χ0) is 16.5. The van der Waals surface area contributed by atoms with E-state index in [-0.39, 0.29) is 0 Å². The molecule has 0 spiro atoms. The maximum Gasteiger partial charge on any atom is 0.138 e. The Hall–Kier alpha value is -1.60. The molecule has 0 unspecified atom stereocenters. The average molecular weight is 432 g/mol. The van der Waals surface area contributed by atoms with Crippen molar-refractivity contribution in [3.8, 4) is 0 Å². The Balaban J connectivity index is 1.82. The van der Waals surface area contributed by atoms with Gasteiger partial charge in [-0.15, -0.1) is 0 Å². The first-order valence-corrected chi connectivity index (χ1v) is 9.84. The van der Waals surface area contributed by atoms with Gasteiger partial charge in [-0.05, 0) is 36.9 Å². The summed E-state index contributed by atoms with van der Waals surface area (Å²) in [5.74, 6) is 1.09. The summed E-state index contributed by atoms with van der Waals surface area (Å²) < 4.78 is 0.997. The predicted molar refractivity (Wildman–Crippen MR) is 109 cm³/mol. The molecule has 0 bridgehead atoms. The molecular formula is C19H21IN4. The number of alkyl halides is 1. The third-order valence-electron chi connectivity index (χ3n) is 4.68. The lowest BCUT2D eigenvalue weighted by Crippen LogP contribution is -2.47. The van der Waals surface area contributed by atoms with E-state index in [0.29, 0.717) is 0 Å². The minimum Gasteiger partial charge on any atom is -0.353 e. The number of likely N-dealkylation sites (N-methyl/N-ethyl adjacent to an activating group) is 1. The maximum absolute atomic E-state index is 5.10. The van der Waals surface area contributed by atoms with E-state index in [9.17, 15) is 0 Å². The first-order valence-electron chi connectivity index (χ1n) is 8.32. The fourth-order valence-corrected chi connectivity index (χ4v) is 3.70. The number of fused-ring (bicyclic) bond motifs is 2. The lowest BCUT2D eigenvalue weighted by Gasteiger charge is -2.34. The summed E-state index contributed by atoms with van der Waals surface area (Å²) in [6.45, 7) is 4.19. The summed E-state index contributed by atoms with van der Waals surface area (Å²) >= 11 is 2.40. The van der Waals surface area contributed by atoms with Crippen LogP contribution in [0.4, 0.5) is 17.1 Å². The Labute approximate surface area is 156 Å². The van der Waals surface area contributed by atoms with Gasteiger partial charge in [0, 0.05) is 41.9 Å². The van der Waals surface area contributed by atoms with Crippen LogP contribution in [0.5, 0.6) is 0 Å². The molecule has 2 aliphatic heterocycles. The van der Waals surface area contributed by atoms with Gasteiger partial charge >= 0.3 is 0 Å². The Kier molecular flexibility index (Phi) is 4.45. The van der Waals surface area contributed by atoms with E-state index in [4.69, 9.17) is 4.99 Å². The summed E-state index contributed by atoms with van der Waals surface area (Å²) in [4.78, 5) is 9.89. The number of nitrogens with zero attached hydrogens (tertiary/aromatic N) is 3. The number of rotatable bonds is 1. The molecule has 5 heteroatoms. The van der Waals surface area contributed by atoms with Gasteiger partial charge in [0.05, 0.1) is 11.4 Å². The fraction of sp³-hybridized carbons (Fsp3) is 0.316. The first kappa shape index (κ1) is 15.9. The van der Waals surface area contributed by atoms with E-state index < -0.39 is 0 Å². The van der Waals surface area contributed by atoms with Crippen LogP contribution < -0.4 is 5.32 Å². The Morgan fingerprint density at radius 3 is 2.62 bits per heavy atom. The molecule has 1 N–H and O–H groups in total. The van der Waals surface area contributed by atoms with Crippen molar-refractivity contribution in [2.75, 3.05) is 38.5 Å². The molecular weight excluding hydrogens is 411 g/mol. The van der Waals surface area contributed by atoms with Gasteiger partial charge in [-0.25, -0.2) is 4.99 Å². The molecule has 0 aliphatic carbocycles. The maximum atomic E-state index is 5.10. The normalized spacial score (nSPS) is 17.4. The van der Waals surface area contributed by atoms with E-state index in [1.165, 1.54) is 11.1 Å². The number of halogens is 1. The quantitative estimate of drug-likeness (QED) is 0.546. The van der Waals surface area contributed by atoms with Gasteiger partial charge in [-0.3, -0.25) is 0 Å². The highest BCUT2D eigenvalue weighted by atomic mass is 127. The minimum absolute atomic E-state index is 0.997. The van der Waals surface area contributed by atoms with E-state index in [1.807, 2.05) is 0 Å². The first-order chi connectivity index (χ1) is 11.7. The third-order valence-corrected chi connectivity index (χ3v) is 5.56. The minimum atomic E-state index is 0.997. The molecule has 0 saturated carbocycles. The van der Waals surface area contributed by atoms with Crippen molar-refractivity contribution >= 4 is 45.5 Å². The second-order valence-electron chi connectivity index (χ2n) is 6.38. The second-order valence-corrected chi connectivity index (χ2v) is 7.14. The Bertz CT molecular complexity index is 779. The molecule has 2 aromatic carbocycles. The Morgan fingerprint density at radius 2 is 1.83 bits per heavy atom. The van der Waals surface area contributed by atoms with E-state index in [0.717, 1.165) is 53.5 Å². The van der Waals surface area contributed by atoms with Crippen LogP contribution in [0.15, 0.2) is 47.5 Å². The summed E-state index contributed by atoms with van der Waals surface area (Å²) in [7, 11) is 2.18. The average Bonchev–Trinajstić information content (AvgIpc) is 2.78. The topological polar surface area (TPSA) is 30.9 Å². The molecule has 0 atom stereocenters. The largest absolute Gasteiger partial charge is 0.353 e. The number of aliphatic imine (C=N–C) groups is 1. The summed E-state index contributed by atoms with van der Waals surface area (Å²) in [6.07, 6.45) is 0. The molecule has 1 fully saturated rings. The van der Waals surface area contributed by atoms with Crippen LogP contribution in [0.2, 0.25) is 0 Å². The fourth-order valence-electron chi connectivity index (χ4n) is 3.22. The van der Waals surface area contributed by atoms with Gasteiger partial charge in [0.2, 0.25) is 0 Å². The van der Waals surface area contributed by atoms with Crippen LogP contribution in [0.25, 0.3) is 0 Å². The van der Waals surface area contributed by atoms with Crippen LogP contribution in [0.1, 0.15) is 11.1 Å². The van der Waals surface area contributed by atoms with Crippen molar-refractivity contribution in [1.29, 1.82) is 0 Å². The van der Waals surface area contributed by atoms with Gasteiger partial charge in [0.25, 0.3) is 0 Å². The number of amidine groups is 1. The molecule has 24 heavy (non-hydrogen) atoms. The van der Waals surface area contributed by atoms with E-state index >= 15 is 0 Å². The molecule has 4 nitrogen and oxygen atoms in total. The zero-order valence-corrected chi connectivity index (χ0v) is 16.0. The molecule has 124 valence electrons. The monoisotopic (exact) mass is 432 g/mol. The van der Waals surface area contributed by atoms with Crippen molar-refractivity contribution in [2.24, 2.45) is 4.99 Å². The highest BCUT2D eigenvalue weighted by Crippen LogP contribution is 2.36. The van der Waals surface area contributed by atoms with Crippen molar-refractivity contribution in [2.45, 2.75) is 4.43 Å². The van der Waals surface area contributed by atoms with Crippen LogP contribution in [-0.2, 0) is 4.43 Å². The molecule has 2 aliphatic rings. The van der Waals surface area contributed by atoms with Crippen molar-refractivity contribution in [3.05, 3.63) is 53.6 Å². The predicted octanol–water partition coefficient (Wildman–Crippen LogP) is 4.00. The highest BCUT2D eigenvalue weighted by Gasteiger charge is 2.23. The molecule has 0 aromatic heterocycles. The smallest absolute Gasteiger partial charge is 0.138 e.